The smallest absolute Gasteiger partial charge is 0.0646 e. The first-order valence-corrected chi connectivity index (χ1v) is 6.17. The van der Waals surface area contributed by atoms with Gasteiger partial charge in [-0.1, -0.05) is 25.7 Å². The van der Waals surface area contributed by atoms with E-state index >= 15 is 0 Å². The number of nitrogens with two attached hydrogens (primary N) is 1. The van der Waals surface area contributed by atoms with Crippen LogP contribution in [0.5, 0.6) is 0 Å². The fourth-order valence-corrected chi connectivity index (χ4v) is 2.11. The van der Waals surface area contributed by atoms with Crippen LogP contribution in [0.1, 0.15) is 51.9 Å². The topological polar surface area (TPSA) is 55.5 Å². The Morgan fingerprint density at radius 2 is 1.87 bits per heavy atom. The van der Waals surface area contributed by atoms with Gasteiger partial charge in [-0.3, -0.25) is 0 Å². The first-order chi connectivity index (χ1) is 7.12. The van der Waals surface area contributed by atoms with E-state index < -0.39 is 0 Å². The Labute approximate surface area is 93.0 Å². The van der Waals surface area contributed by atoms with E-state index in [0.717, 1.165) is 12.8 Å². The highest BCUT2D eigenvalue weighted by molar-refractivity contribution is 4.85. The molecule has 3 N–H and O–H groups in total. The van der Waals surface area contributed by atoms with E-state index in [1.54, 1.807) is 6.92 Å². The van der Waals surface area contributed by atoms with Gasteiger partial charge in [-0.2, -0.15) is 0 Å². The van der Waals surface area contributed by atoms with Crippen LogP contribution in [-0.2, 0) is 4.74 Å². The minimum Gasteiger partial charge on any atom is -0.393 e. The molecule has 0 heterocycles. The molecule has 1 aliphatic rings. The Morgan fingerprint density at radius 3 is 2.40 bits per heavy atom. The molecule has 0 saturated heterocycles. The number of aliphatic hydroxyl groups is 1. The van der Waals surface area contributed by atoms with Crippen LogP contribution in [0.2, 0.25) is 0 Å². The average molecular weight is 215 g/mol. The van der Waals surface area contributed by atoms with Crippen LogP contribution in [0.4, 0.5) is 0 Å². The van der Waals surface area contributed by atoms with Crippen LogP contribution in [0, 0.1) is 0 Å². The summed E-state index contributed by atoms with van der Waals surface area (Å²) in [5.41, 5.74) is 6.19. The van der Waals surface area contributed by atoms with Crippen LogP contribution in [0.25, 0.3) is 0 Å². The van der Waals surface area contributed by atoms with Crippen molar-refractivity contribution in [3.05, 3.63) is 0 Å². The van der Waals surface area contributed by atoms with Crippen LogP contribution < -0.4 is 5.73 Å². The third-order valence-electron chi connectivity index (χ3n) is 3.17. The van der Waals surface area contributed by atoms with Gasteiger partial charge in [-0.15, -0.1) is 0 Å². The van der Waals surface area contributed by atoms with E-state index in [0.29, 0.717) is 19.6 Å². The lowest BCUT2D eigenvalue weighted by Crippen LogP contribution is -2.44. The van der Waals surface area contributed by atoms with Gasteiger partial charge in [0.25, 0.3) is 0 Å². The van der Waals surface area contributed by atoms with Crippen LogP contribution in [-0.4, -0.2) is 30.0 Å². The molecule has 3 heteroatoms. The quantitative estimate of drug-likeness (QED) is 0.543. The highest BCUT2D eigenvalue weighted by atomic mass is 16.5. The van der Waals surface area contributed by atoms with E-state index in [4.69, 9.17) is 15.6 Å². The maximum absolute atomic E-state index is 9.09. The number of hydrogen-bond acceptors (Lipinski definition) is 3. The maximum atomic E-state index is 9.09. The fraction of sp³-hybridized carbons (Fsp3) is 1.00. The van der Waals surface area contributed by atoms with E-state index in [1.165, 1.54) is 25.7 Å². The molecule has 0 amide bonds. The van der Waals surface area contributed by atoms with Gasteiger partial charge in [0, 0.05) is 12.1 Å². The zero-order chi connectivity index (χ0) is 11.1. The number of hydrogen-bond donors (Lipinski definition) is 2. The highest BCUT2D eigenvalue weighted by Gasteiger charge is 2.26. The normalized spacial score (nSPS) is 23.4. The average Bonchev–Trinajstić information content (AvgIpc) is 2.38. The second-order valence-corrected chi connectivity index (χ2v) is 4.97. The number of rotatable bonds is 5. The summed E-state index contributed by atoms with van der Waals surface area (Å²) in [6.07, 6.45) is 7.69. The molecule has 1 rings (SSSR count). The van der Waals surface area contributed by atoms with Gasteiger partial charge in [0.05, 0.1) is 12.7 Å². The largest absolute Gasteiger partial charge is 0.393 e. The molecule has 1 fully saturated rings. The summed E-state index contributed by atoms with van der Waals surface area (Å²) in [5.74, 6) is 0. The molecule has 15 heavy (non-hydrogen) atoms. The Balaban J connectivity index is 2.16. The Morgan fingerprint density at radius 1 is 1.27 bits per heavy atom. The molecule has 1 aliphatic carbocycles. The van der Waals surface area contributed by atoms with Gasteiger partial charge < -0.3 is 15.6 Å². The predicted molar refractivity (Wildman–Crippen MR) is 61.7 cm³/mol. The van der Waals surface area contributed by atoms with E-state index in [2.05, 4.69) is 0 Å². The molecule has 90 valence electrons. The molecule has 1 unspecified atom stereocenters. The van der Waals surface area contributed by atoms with Gasteiger partial charge in [0.1, 0.15) is 0 Å². The molecule has 0 aromatic rings. The van der Waals surface area contributed by atoms with Crippen molar-refractivity contribution in [1.29, 1.82) is 0 Å². The fourth-order valence-electron chi connectivity index (χ4n) is 2.11. The van der Waals surface area contributed by atoms with Gasteiger partial charge in [0.2, 0.25) is 0 Å². The third kappa shape index (κ3) is 5.50. The Bertz CT molecular complexity index is 163. The monoisotopic (exact) mass is 215 g/mol. The molecule has 0 aromatic carbocycles. The molecule has 3 nitrogen and oxygen atoms in total. The number of aliphatic hydroxyl groups excluding tert-OH is 1. The van der Waals surface area contributed by atoms with Gasteiger partial charge >= 0.3 is 0 Å². The van der Waals surface area contributed by atoms with Crippen molar-refractivity contribution in [3.63, 3.8) is 0 Å². The molecule has 1 atom stereocenters. The van der Waals surface area contributed by atoms with E-state index in [1.807, 2.05) is 0 Å². The van der Waals surface area contributed by atoms with Crippen molar-refractivity contribution in [3.8, 4) is 0 Å². The summed E-state index contributed by atoms with van der Waals surface area (Å²) in [7, 11) is 0. The van der Waals surface area contributed by atoms with Crippen molar-refractivity contribution < 1.29 is 9.84 Å². The zero-order valence-electron chi connectivity index (χ0n) is 9.87. The van der Waals surface area contributed by atoms with Crippen LogP contribution in [0.15, 0.2) is 0 Å². The molecule has 1 saturated carbocycles. The third-order valence-corrected chi connectivity index (χ3v) is 3.17. The van der Waals surface area contributed by atoms with Crippen molar-refractivity contribution in [1.82, 2.24) is 0 Å². The summed E-state index contributed by atoms with van der Waals surface area (Å²) in [5, 5.41) is 9.09. The predicted octanol–water partition coefficient (Wildman–Crippen LogP) is 1.83. The SMILES string of the molecule is CC(O)CCOCC1(N)CCCCCC1. The molecule has 0 aliphatic heterocycles. The lowest BCUT2D eigenvalue weighted by molar-refractivity contribution is 0.0535. The molecular formula is C12H25NO2. The lowest BCUT2D eigenvalue weighted by Gasteiger charge is -2.27. The summed E-state index contributed by atoms with van der Waals surface area (Å²) < 4.78 is 5.56. The minimum atomic E-state index is -0.271. The second kappa shape index (κ2) is 6.46. The number of ether oxygens (including phenoxy) is 1. The highest BCUT2D eigenvalue weighted by Crippen LogP contribution is 2.25. The minimum absolute atomic E-state index is 0.102. The lowest BCUT2D eigenvalue weighted by atomic mass is 9.93. The first-order valence-electron chi connectivity index (χ1n) is 6.17. The van der Waals surface area contributed by atoms with E-state index in [9.17, 15) is 0 Å². The molecule has 0 aromatic heterocycles. The van der Waals surface area contributed by atoms with E-state index in [-0.39, 0.29) is 11.6 Å². The van der Waals surface area contributed by atoms with Crippen molar-refractivity contribution in [2.45, 2.75) is 63.5 Å². The summed E-state index contributed by atoms with van der Waals surface area (Å²) in [6, 6.07) is 0. The molecular weight excluding hydrogens is 190 g/mol. The summed E-state index contributed by atoms with van der Waals surface area (Å²) in [6.45, 7) is 3.06. The van der Waals surface area contributed by atoms with Gasteiger partial charge in [-0.05, 0) is 26.2 Å². The summed E-state index contributed by atoms with van der Waals surface area (Å²) in [4.78, 5) is 0. The van der Waals surface area contributed by atoms with Crippen molar-refractivity contribution in [2.75, 3.05) is 13.2 Å². The Hall–Kier alpha value is -0.120. The summed E-state index contributed by atoms with van der Waals surface area (Å²) >= 11 is 0. The molecule has 0 radical (unpaired) electrons. The Kier molecular flexibility index (Phi) is 5.58. The standard InChI is InChI=1S/C12H25NO2/c1-11(14)6-9-15-10-12(13)7-4-2-3-5-8-12/h11,14H,2-10,13H2,1H3. The molecule has 0 bridgehead atoms. The molecule has 0 spiro atoms. The van der Waals surface area contributed by atoms with Crippen LogP contribution >= 0.6 is 0 Å². The van der Waals surface area contributed by atoms with Crippen LogP contribution in [0.3, 0.4) is 0 Å². The van der Waals surface area contributed by atoms with Gasteiger partial charge in [-0.25, -0.2) is 0 Å². The maximum Gasteiger partial charge on any atom is 0.0646 e. The van der Waals surface area contributed by atoms with Crippen molar-refractivity contribution >= 4 is 0 Å². The second-order valence-electron chi connectivity index (χ2n) is 4.97. The zero-order valence-corrected chi connectivity index (χ0v) is 9.87. The van der Waals surface area contributed by atoms with Crippen molar-refractivity contribution in [2.24, 2.45) is 5.73 Å². The first kappa shape index (κ1) is 12.9. The van der Waals surface area contributed by atoms with Gasteiger partial charge in [0.15, 0.2) is 0 Å².